The summed E-state index contributed by atoms with van der Waals surface area (Å²) >= 11 is 6.57. The molecule has 2 amide bonds. The van der Waals surface area contributed by atoms with Gasteiger partial charge in [-0.3, -0.25) is 14.5 Å². The van der Waals surface area contributed by atoms with Crippen LogP contribution in [0.3, 0.4) is 0 Å². The molecule has 1 saturated heterocycles. The molecule has 0 spiro atoms. The van der Waals surface area contributed by atoms with Gasteiger partial charge in [-0.1, -0.05) is 72.5 Å². The van der Waals surface area contributed by atoms with Crippen molar-refractivity contribution in [1.82, 2.24) is 10.2 Å². The van der Waals surface area contributed by atoms with Gasteiger partial charge >= 0.3 is 0 Å². The van der Waals surface area contributed by atoms with Crippen LogP contribution in [0.15, 0.2) is 59.5 Å². The van der Waals surface area contributed by atoms with Gasteiger partial charge in [0.1, 0.15) is 10.1 Å². The van der Waals surface area contributed by atoms with Gasteiger partial charge in [-0.2, -0.15) is 0 Å². The van der Waals surface area contributed by atoms with Crippen molar-refractivity contribution >= 4 is 46.2 Å². The highest BCUT2D eigenvalue weighted by molar-refractivity contribution is 8.26. The molecule has 1 heterocycles. The average Bonchev–Trinajstić information content (AvgIpc) is 2.98. The molecule has 28 heavy (non-hydrogen) atoms. The third-order valence-electron chi connectivity index (χ3n) is 4.19. The zero-order valence-corrected chi connectivity index (χ0v) is 17.0. The largest absolute Gasteiger partial charge is 0.496 e. The normalized spacial score (nSPS) is 15.2. The molecule has 0 unspecified atom stereocenters. The van der Waals surface area contributed by atoms with Gasteiger partial charge in [0.05, 0.1) is 12.0 Å². The molecule has 0 aliphatic carbocycles. The van der Waals surface area contributed by atoms with Gasteiger partial charge in [0, 0.05) is 25.1 Å². The van der Waals surface area contributed by atoms with Crippen molar-refractivity contribution in [1.29, 1.82) is 0 Å². The molecule has 0 atom stereocenters. The van der Waals surface area contributed by atoms with Gasteiger partial charge < -0.3 is 10.1 Å². The Morgan fingerprint density at radius 1 is 1.18 bits per heavy atom. The first-order chi connectivity index (χ1) is 13.6. The quantitative estimate of drug-likeness (QED) is 0.556. The van der Waals surface area contributed by atoms with Crippen molar-refractivity contribution < 1.29 is 14.3 Å². The third kappa shape index (κ3) is 4.99. The molecular weight excluding hydrogens is 392 g/mol. The second-order valence-electron chi connectivity index (χ2n) is 6.09. The number of hydrogen-bond acceptors (Lipinski definition) is 5. The van der Waals surface area contributed by atoms with E-state index in [0.29, 0.717) is 21.5 Å². The number of carbonyl (C=O) groups excluding carboxylic acids is 2. The highest BCUT2D eigenvalue weighted by Gasteiger charge is 2.32. The van der Waals surface area contributed by atoms with Crippen LogP contribution in [0.1, 0.15) is 17.5 Å². The van der Waals surface area contributed by atoms with E-state index in [-0.39, 0.29) is 24.8 Å². The maximum Gasteiger partial charge on any atom is 0.266 e. The van der Waals surface area contributed by atoms with Crippen LogP contribution < -0.4 is 10.1 Å². The maximum atomic E-state index is 12.7. The molecule has 144 valence electrons. The van der Waals surface area contributed by atoms with Crippen LogP contribution in [0.2, 0.25) is 0 Å². The van der Waals surface area contributed by atoms with E-state index in [2.05, 4.69) is 5.32 Å². The second-order valence-corrected chi connectivity index (χ2v) is 7.76. The van der Waals surface area contributed by atoms with Gasteiger partial charge in [-0.15, -0.1) is 0 Å². The molecule has 2 aromatic rings. The number of amides is 2. The Labute approximate surface area is 173 Å². The lowest BCUT2D eigenvalue weighted by molar-refractivity contribution is -0.123. The summed E-state index contributed by atoms with van der Waals surface area (Å²) in [6.07, 6.45) is 1.97. The molecule has 1 N–H and O–H groups in total. The number of para-hydroxylation sites is 1. The van der Waals surface area contributed by atoms with Crippen LogP contribution in [-0.2, 0) is 16.1 Å². The first-order valence-electron chi connectivity index (χ1n) is 8.77. The Kier molecular flexibility index (Phi) is 6.84. The SMILES string of the molecule is COc1ccccc1/C=C1\SC(=S)N(CCC(=O)NCc2ccccc2)C1=O. The van der Waals surface area contributed by atoms with Gasteiger partial charge in [0.15, 0.2) is 0 Å². The van der Waals surface area contributed by atoms with Gasteiger partial charge in [-0.05, 0) is 17.7 Å². The fourth-order valence-corrected chi connectivity index (χ4v) is 4.02. The van der Waals surface area contributed by atoms with Crippen molar-refractivity contribution in [2.45, 2.75) is 13.0 Å². The smallest absolute Gasteiger partial charge is 0.266 e. The summed E-state index contributed by atoms with van der Waals surface area (Å²) in [5, 5.41) is 2.86. The summed E-state index contributed by atoms with van der Waals surface area (Å²) in [7, 11) is 1.59. The Balaban J connectivity index is 1.58. The molecule has 5 nitrogen and oxygen atoms in total. The third-order valence-corrected chi connectivity index (χ3v) is 5.57. The van der Waals surface area contributed by atoms with Crippen molar-refractivity contribution in [3.63, 3.8) is 0 Å². The lowest BCUT2D eigenvalue weighted by Crippen LogP contribution is -2.33. The van der Waals surface area contributed by atoms with Crippen LogP contribution in [-0.4, -0.2) is 34.7 Å². The van der Waals surface area contributed by atoms with E-state index in [1.165, 1.54) is 16.7 Å². The maximum absolute atomic E-state index is 12.7. The molecule has 2 aromatic carbocycles. The number of thioether (sulfide) groups is 1. The number of carbonyl (C=O) groups is 2. The predicted molar refractivity (Wildman–Crippen MR) is 116 cm³/mol. The van der Waals surface area contributed by atoms with Crippen molar-refractivity contribution in [2.75, 3.05) is 13.7 Å². The van der Waals surface area contributed by atoms with E-state index in [4.69, 9.17) is 17.0 Å². The Bertz CT molecular complexity index is 913. The van der Waals surface area contributed by atoms with Crippen LogP contribution in [0.25, 0.3) is 6.08 Å². The van der Waals surface area contributed by atoms with Crippen molar-refractivity contribution in [3.05, 3.63) is 70.6 Å². The lowest BCUT2D eigenvalue weighted by atomic mass is 10.2. The molecule has 1 fully saturated rings. The summed E-state index contributed by atoms with van der Waals surface area (Å²) < 4.78 is 5.78. The average molecular weight is 413 g/mol. The summed E-state index contributed by atoms with van der Waals surface area (Å²) in [5.41, 5.74) is 1.84. The molecule has 7 heteroatoms. The molecule has 0 aromatic heterocycles. The molecule has 3 rings (SSSR count). The van der Waals surface area contributed by atoms with Crippen LogP contribution in [0.5, 0.6) is 5.75 Å². The van der Waals surface area contributed by atoms with Crippen LogP contribution in [0.4, 0.5) is 0 Å². The zero-order valence-electron chi connectivity index (χ0n) is 15.4. The Morgan fingerprint density at radius 3 is 2.64 bits per heavy atom. The number of hydrogen-bond donors (Lipinski definition) is 1. The summed E-state index contributed by atoms with van der Waals surface area (Å²) in [5.74, 6) is 0.386. The highest BCUT2D eigenvalue weighted by Crippen LogP contribution is 2.34. The van der Waals surface area contributed by atoms with Gasteiger partial charge in [0.25, 0.3) is 5.91 Å². The number of ether oxygens (including phenoxy) is 1. The number of nitrogens with one attached hydrogen (secondary N) is 1. The highest BCUT2D eigenvalue weighted by atomic mass is 32.2. The molecule has 1 aliphatic heterocycles. The fraction of sp³-hybridized carbons (Fsp3) is 0.190. The molecular formula is C21H20N2O3S2. The topological polar surface area (TPSA) is 58.6 Å². The summed E-state index contributed by atoms with van der Waals surface area (Å²) in [6, 6.07) is 17.1. The minimum Gasteiger partial charge on any atom is -0.496 e. The summed E-state index contributed by atoms with van der Waals surface area (Å²) in [4.78, 5) is 26.8. The minimum atomic E-state index is -0.184. The summed E-state index contributed by atoms with van der Waals surface area (Å²) in [6.45, 7) is 0.723. The minimum absolute atomic E-state index is 0.119. The first kappa shape index (κ1) is 20.1. The van der Waals surface area contributed by atoms with Crippen molar-refractivity contribution in [3.8, 4) is 5.75 Å². The fourth-order valence-electron chi connectivity index (χ4n) is 2.72. The monoisotopic (exact) mass is 412 g/mol. The van der Waals surface area contributed by atoms with E-state index in [1.54, 1.807) is 13.2 Å². The number of rotatable bonds is 7. The molecule has 1 aliphatic rings. The number of methoxy groups -OCH3 is 1. The zero-order chi connectivity index (χ0) is 19.9. The Hall–Kier alpha value is -2.64. The predicted octanol–water partition coefficient (Wildman–Crippen LogP) is 3.60. The van der Waals surface area contributed by atoms with E-state index in [1.807, 2.05) is 54.6 Å². The van der Waals surface area contributed by atoms with Crippen LogP contribution in [0, 0.1) is 0 Å². The van der Waals surface area contributed by atoms with Crippen LogP contribution >= 0.6 is 24.0 Å². The standard InChI is InChI=1S/C21H20N2O3S2/c1-26-17-10-6-5-9-16(17)13-18-20(25)23(21(27)28-18)12-11-19(24)22-14-15-7-3-2-4-8-15/h2-10,13H,11-12,14H2,1H3,(H,22,24)/b18-13-. The molecule has 0 saturated carbocycles. The van der Waals surface area contributed by atoms with E-state index in [0.717, 1.165) is 11.1 Å². The van der Waals surface area contributed by atoms with E-state index < -0.39 is 0 Å². The van der Waals surface area contributed by atoms with Gasteiger partial charge in [-0.25, -0.2) is 0 Å². The number of benzene rings is 2. The Morgan fingerprint density at radius 2 is 1.89 bits per heavy atom. The lowest BCUT2D eigenvalue weighted by Gasteiger charge is -2.14. The van der Waals surface area contributed by atoms with E-state index >= 15 is 0 Å². The van der Waals surface area contributed by atoms with Gasteiger partial charge in [0.2, 0.25) is 5.91 Å². The second kappa shape index (κ2) is 9.52. The van der Waals surface area contributed by atoms with Crippen molar-refractivity contribution in [2.24, 2.45) is 0 Å². The molecule has 0 radical (unpaired) electrons. The first-order valence-corrected chi connectivity index (χ1v) is 10.00. The number of thiocarbonyl (C=S) groups is 1. The number of nitrogens with zero attached hydrogens (tertiary/aromatic N) is 1. The van der Waals surface area contributed by atoms with E-state index in [9.17, 15) is 9.59 Å². The molecule has 0 bridgehead atoms.